The summed E-state index contributed by atoms with van der Waals surface area (Å²) >= 11 is 0. The Bertz CT molecular complexity index is 1090. The zero-order valence-corrected chi connectivity index (χ0v) is 12.2. The zero-order valence-electron chi connectivity index (χ0n) is 12.2. The third-order valence-corrected chi connectivity index (χ3v) is 4.06. The fourth-order valence-electron chi connectivity index (χ4n) is 2.99. The van der Waals surface area contributed by atoms with Crippen LogP contribution in [-0.4, -0.2) is 15.8 Å². The van der Waals surface area contributed by atoms with Gasteiger partial charge in [0.2, 0.25) is 0 Å². The van der Waals surface area contributed by atoms with Crippen molar-refractivity contribution in [3.8, 4) is 0 Å². The van der Waals surface area contributed by atoms with Gasteiger partial charge in [-0.25, -0.2) is 9.98 Å². The van der Waals surface area contributed by atoms with Crippen molar-refractivity contribution in [1.82, 2.24) is 9.97 Å². The Morgan fingerprint density at radius 2 is 1.61 bits per heavy atom. The summed E-state index contributed by atoms with van der Waals surface area (Å²) in [5.74, 6) is 0.731. The van der Waals surface area contributed by atoms with Crippen molar-refractivity contribution in [2.75, 3.05) is 5.32 Å². The first-order valence-corrected chi connectivity index (χ1v) is 7.48. The summed E-state index contributed by atoms with van der Waals surface area (Å²) < 4.78 is 0. The summed E-state index contributed by atoms with van der Waals surface area (Å²) in [6.07, 6.45) is 1.77. The molecule has 0 fully saturated rings. The number of rotatable bonds is 1. The van der Waals surface area contributed by atoms with Crippen LogP contribution in [0.5, 0.6) is 0 Å². The van der Waals surface area contributed by atoms with Crippen LogP contribution in [0.3, 0.4) is 0 Å². The number of hydrogen-bond donors (Lipinski definition) is 1. The molecule has 1 aliphatic rings. The highest BCUT2D eigenvalue weighted by Crippen LogP contribution is 2.36. The number of aliphatic imine (C=N–C) groups is 1. The number of benzene rings is 3. The minimum absolute atomic E-state index is 0.731. The molecule has 4 heteroatoms. The van der Waals surface area contributed by atoms with E-state index in [-0.39, 0.29) is 0 Å². The van der Waals surface area contributed by atoms with E-state index in [0.717, 1.165) is 39.3 Å². The van der Waals surface area contributed by atoms with E-state index >= 15 is 0 Å². The number of aromatic nitrogens is 2. The molecule has 23 heavy (non-hydrogen) atoms. The molecule has 1 aliphatic heterocycles. The van der Waals surface area contributed by atoms with Crippen molar-refractivity contribution in [2.45, 2.75) is 0 Å². The highest BCUT2D eigenvalue weighted by Gasteiger charge is 2.16. The molecule has 4 aromatic rings. The first-order chi connectivity index (χ1) is 11.4. The molecule has 0 saturated heterocycles. The van der Waals surface area contributed by atoms with Crippen LogP contribution in [0.2, 0.25) is 0 Å². The van der Waals surface area contributed by atoms with Crippen molar-refractivity contribution in [3.63, 3.8) is 0 Å². The van der Waals surface area contributed by atoms with E-state index in [1.54, 1.807) is 6.20 Å². The van der Waals surface area contributed by atoms with Crippen LogP contribution in [0.25, 0.3) is 21.8 Å². The summed E-state index contributed by atoms with van der Waals surface area (Å²) in [6.45, 7) is 0. The number of para-hydroxylation sites is 2. The molecule has 108 valence electrons. The van der Waals surface area contributed by atoms with E-state index in [4.69, 9.17) is 4.99 Å². The lowest BCUT2D eigenvalue weighted by molar-refractivity contribution is 1.25. The van der Waals surface area contributed by atoms with Gasteiger partial charge >= 0.3 is 0 Å². The number of anilines is 1. The largest absolute Gasteiger partial charge is 0.338 e. The molecule has 0 bridgehead atoms. The van der Waals surface area contributed by atoms with Crippen LogP contribution in [0.4, 0.5) is 11.4 Å². The Morgan fingerprint density at radius 3 is 2.52 bits per heavy atom. The monoisotopic (exact) mass is 296 g/mol. The minimum Gasteiger partial charge on any atom is -0.338 e. The van der Waals surface area contributed by atoms with Crippen molar-refractivity contribution < 1.29 is 0 Å². The maximum atomic E-state index is 4.74. The average Bonchev–Trinajstić information content (AvgIpc) is 2.62. The van der Waals surface area contributed by atoms with Crippen molar-refractivity contribution >= 4 is 39.0 Å². The van der Waals surface area contributed by atoms with Gasteiger partial charge in [0.05, 0.1) is 22.9 Å². The zero-order chi connectivity index (χ0) is 15.2. The molecule has 1 N–H and O–H groups in total. The van der Waals surface area contributed by atoms with E-state index in [2.05, 4.69) is 33.5 Å². The van der Waals surface area contributed by atoms with E-state index in [1.165, 1.54) is 5.39 Å². The average molecular weight is 296 g/mol. The lowest BCUT2D eigenvalue weighted by atomic mass is 10.1. The van der Waals surface area contributed by atoms with Crippen LogP contribution in [0.1, 0.15) is 5.69 Å². The Balaban J connectivity index is 1.71. The SMILES string of the molecule is c1cc2c3c(cccc3c1)NC(c1cnc3ccccc3n1)=N2. The van der Waals surface area contributed by atoms with Crippen molar-refractivity contribution in [1.29, 1.82) is 0 Å². The van der Waals surface area contributed by atoms with Gasteiger partial charge in [0, 0.05) is 11.1 Å². The number of nitrogens with zero attached hydrogens (tertiary/aromatic N) is 3. The molecule has 0 atom stereocenters. The molecule has 0 saturated carbocycles. The van der Waals surface area contributed by atoms with Gasteiger partial charge in [-0.05, 0) is 29.7 Å². The molecule has 2 heterocycles. The third kappa shape index (κ3) is 1.89. The molecule has 3 aromatic carbocycles. The van der Waals surface area contributed by atoms with Crippen LogP contribution in [0, 0.1) is 0 Å². The Labute approximate surface area is 132 Å². The predicted molar refractivity (Wildman–Crippen MR) is 93.3 cm³/mol. The Kier molecular flexibility index (Phi) is 2.46. The van der Waals surface area contributed by atoms with Crippen LogP contribution in [-0.2, 0) is 0 Å². The number of nitrogens with one attached hydrogen (secondary N) is 1. The Hall–Kier alpha value is -3.27. The highest BCUT2D eigenvalue weighted by atomic mass is 15.1. The summed E-state index contributed by atoms with van der Waals surface area (Å²) in [4.78, 5) is 13.9. The lowest BCUT2D eigenvalue weighted by Crippen LogP contribution is -2.18. The quantitative estimate of drug-likeness (QED) is 0.570. The normalized spacial score (nSPS) is 13.0. The first kappa shape index (κ1) is 12.3. The lowest BCUT2D eigenvalue weighted by Gasteiger charge is -2.18. The van der Waals surface area contributed by atoms with Crippen molar-refractivity contribution in [2.24, 2.45) is 4.99 Å². The smallest absolute Gasteiger partial charge is 0.158 e. The fourth-order valence-corrected chi connectivity index (χ4v) is 2.99. The van der Waals surface area contributed by atoms with Gasteiger partial charge in [-0.2, -0.15) is 0 Å². The maximum Gasteiger partial charge on any atom is 0.158 e. The maximum absolute atomic E-state index is 4.74. The van der Waals surface area contributed by atoms with Gasteiger partial charge < -0.3 is 5.32 Å². The van der Waals surface area contributed by atoms with E-state index in [0.29, 0.717) is 0 Å². The second kappa shape index (κ2) is 4.61. The number of hydrogen-bond acceptors (Lipinski definition) is 4. The molecule has 0 unspecified atom stereocenters. The summed E-state index contributed by atoms with van der Waals surface area (Å²) in [5.41, 5.74) is 4.51. The molecular formula is C19H12N4. The molecule has 1 aromatic heterocycles. The van der Waals surface area contributed by atoms with E-state index < -0.39 is 0 Å². The Morgan fingerprint density at radius 1 is 0.783 bits per heavy atom. The van der Waals surface area contributed by atoms with Gasteiger partial charge in [-0.3, -0.25) is 4.98 Å². The molecule has 0 aliphatic carbocycles. The number of amidine groups is 1. The van der Waals surface area contributed by atoms with Crippen LogP contribution >= 0.6 is 0 Å². The van der Waals surface area contributed by atoms with Gasteiger partial charge in [-0.15, -0.1) is 0 Å². The van der Waals surface area contributed by atoms with Gasteiger partial charge in [-0.1, -0.05) is 36.4 Å². The molecular weight excluding hydrogens is 284 g/mol. The van der Waals surface area contributed by atoms with Crippen molar-refractivity contribution in [3.05, 3.63) is 72.6 Å². The van der Waals surface area contributed by atoms with E-state index in [1.807, 2.05) is 42.5 Å². The van der Waals surface area contributed by atoms with Gasteiger partial charge in [0.15, 0.2) is 5.84 Å². The fraction of sp³-hybridized carbons (Fsp3) is 0. The second-order valence-corrected chi connectivity index (χ2v) is 5.51. The summed E-state index contributed by atoms with van der Waals surface area (Å²) in [5, 5.41) is 5.72. The van der Waals surface area contributed by atoms with E-state index in [9.17, 15) is 0 Å². The summed E-state index contributed by atoms with van der Waals surface area (Å²) in [6, 6.07) is 20.2. The summed E-state index contributed by atoms with van der Waals surface area (Å²) in [7, 11) is 0. The molecule has 4 nitrogen and oxygen atoms in total. The third-order valence-electron chi connectivity index (χ3n) is 4.06. The standard InChI is InChI=1S/C19H12N4/c1-2-8-14-13(7-1)20-11-17(21-14)19-22-15-9-3-5-12-6-4-10-16(23-19)18(12)15/h1-11H,(H,22,23). The molecule has 0 spiro atoms. The molecule has 0 amide bonds. The van der Waals surface area contributed by atoms with Gasteiger partial charge in [0.1, 0.15) is 5.69 Å². The van der Waals surface area contributed by atoms with Crippen LogP contribution < -0.4 is 5.32 Å². The first-order valence-electron chi connectivity index (χ1n) is 7.48. The second-order valence-electron chi connectivity index (χ2n) is 5.51. The molecule has 0 radical (unpaired) electrons. The molecule has 5 rings (SSSR count). The van der Waals surface area contributed by atoms with Crippen LogP contribution in [0.15, 0.2) is 71.9 Å². The highest BCUT2D eigenvalue weighted by molar-refractivity contribution is 6.18. The number of fused-ring (bicyclic) bond motifs is 1. The minimum atomic E-state index is 0.731. The topological polar surface area (TPSA) is 50.2 Å². The predicted octanol–water partition coefficient (Wildman–Crippen LogP) is 4.29. The van der Waals surface area contributed by atoms with Gasteiger partial charge in [0.25, 0.3) is 0 Å².